The first kappa shape index (κ1) is 17.6. The van der Waals surface area contributed by atoms with Gasteiger partial charge in [0.1, 0.15) is 11.3 Å². The molecule has 0 atom stereocenters. The molecule has 26 heavy (non-hydrogen) atoms. The van der Waals surface area contributed by atoms with Gasteiger partial charge in [0.25, 0.3) is 0 Å². The van der Waals surface area contributed by atoms with Gasteiger partial charge in [-0.15, -0.1) is 0 Å². The molecular formula is C17H13F4N3O2. The quantitative estimate of drug-likeness (QED) is 0.496. The van der Waals surface area contributed by atoms with Crippen molar-refractivity contribution >= 4 is 28.9 Å². The van der Waals surface area contributed by atoms with Crippen molar-refractivity contribution in [3.63, 3.8) is 0 Å². The number of halogens is 4. The smallest absolute Gasteiger partial charge is 0.387 e. The van der Waals surface area contributed by atoms with Crippen LogP contribution in [0.3, 0.4) is 0 Å². The van der Waals surface area contributed by atoms with Crippen LogP contribution < -0.4 is 15.2 Å². The number of nitrogens with one attached hydrogen (secondary N) is 1. The molecule has 3 rings (SSSR count). The van der Waals surface area contributed by atoms with Crippen molar-refractivity contribution in [1.82, 2.24) is 9.97 Å². The van der Waals surface area contributed by atoms with Gasteiger partial charge < -0.3 is 20.2 Å². The van der Waals surface area contributed by atoms with Crippen molar-refractivity contribution < 1.29 is 27.0 Å². The Labute approximate surface area is 145 Å². The van der Waals surface area contributed by atoms with Crippen LogP contribution in [0.25, 0.3) is 23.2 Å². The Hall–Kier alpha value is -3.23. The summed E-state index contributed by atoms with van der Waals surface area (Å²) in [4.78, 5) is 7.35. The highest BCUT2D eigenvalue weighted by molar-refractivity contribution is 5.88. The molecule has 2 aromatic carbocycles. The second kappa shape index (κ2) is 7.34. The second-order valence-corrected chi connectivity index (χ2v) is 5.16. The molecule has 0 unspecified atom stereocenters. The number of hydrogen-bond acceptors (Lipinski definition) is 4. The van der Waals surface area contributed by atoms with Gasteiger partial charge in [-0.1, -0.05) is 18.2 Å². The summed E-state index contributed by atoms with van der Waals surface area (Å²) >= 11 is 0. The van der Waals surface area contributed by atoms with E-state index in [2.05, 4.69) is 19.4 Å². The summed E-state index contributed by atoms with van der Waals surface area (Å²) in [5, 5.41) is 0. The van der Waals surface area contributed by atoms with Crippen LogP contribution >= 0.6 is 0 Å². The van der Waals surface area contributed by atoms with E-state index in [1.807, 2.05) is 0 Å². The minimum absolute atomic E-state index is 0.427. The van der Waals surface area contributed by atoms with Gasteiger partial charge in [0.15, 0.2) is 11.5 Å². The highest BCUT2D eigenvalue weighted by Gasteiger charge is 2.15. The normalized spacial score (nSPS) is 11.8. The Balaban J connectivity index is 1.87. The van der Waals surface area contributed by atoms with E-state index in [9.17, 15) is 17.6 Å². The highest BCUT2D eigenvalue weighted by Crippen LogP contribution is 2.31. The van der Waals surface area contributed by atoms with Crippen molar-refractivity contribution in [1.29, 1.82) is 0 Å². The van der Waals surface area contributed by atoms with Crippen molar-refractivity contribution in [2.24, 2.45) is 0 Å². The lowest BCUT2D eigenvalue weighted by atomic mass is 10.2. The van der Waals surface area contributed by atoms with E-state index in [0.29, 0.717) is 22.6 Å². The van der Waals surface area contributed by atoms with Crippen LogP contribution in [-0.2, 0) is 0 Å². The molecule has 5 nitrogen and oxygen atoms in total. The molecule has 3 aromatic rings. The van der Waals surface area contributed by atoms with Gasteiger partial charge in [0, 0.05) is 0 Å². The predicted molar refractivity (Wildman–Crippen MR) is 89.1 cm³/mol. The number of imidazole rings is 1. The minimum Gasteiger partial charge on any atom is -0.431 e. The van der Waals surface area contributed by atoms with Gasteiger partial charge in [0.05, 0.1) is 11.2 Å². The van der Waals surface area contributed by atoms with Crippen molar-refractivity contribution in [2.75, 3.05) is 5.73 Å². The first-order valence-corrected chi connectivity index (χ1v) is 7.38. The van der Waals surface area contributed by atoms with Gasteiger partial charge in [-0.2, -0.15) is 17.6 Å². The monoisotopic (exact) mass is 367 g/mol. The number of fused-ring (bicyclic) bond motifs is 1. The molecule has 0 saturated heterocycles. The zero-order valence-electron chi connectivity index (χ0n) is 13.1. The van der Waals surface area contributed by atoms with Crippen LogP contribution in [0.15, 0.2) is 36.4 Å². The fourth-order valence-electron chi connectivity index (χ4n) is 2.34. The molecule has 136 valence electrons. The highest BCUT2D eigenvalue weighted by atomic mass is 19.3. The van der Waals surface area contributed by atoms with E-state index in [1.165, 1.54) is 6.07 Å². The third-order valence-corrected chi connectivity index (χ3v) is 3.40. The Bertz CT molecular complexity index is 941. The summed E-state index contributed by atoms with van der Waals surface area (Å²) < 4.78 is 58.0. The topological polar surface area (TPSA) is 73.2 Å². The Morgan fingerprint density at radius 2 is 1.69 bits per heavy atom. The number of aromatic nitrogens is 2. The number of H-pyrrole nitrogens is 1. The van der Waals surface area contributed by atoms with Gasteiger partial charge in [-0.3, -0.25) is 0 Å². The van der Waals surface area contributed by atoms with Crippen LogP contribution in [0.5, 0.6) is 11.5 Å². The van der Waals surface area contributed by atoms with Gasteiger partial charge in [-0.25, -0.2) is 4.98 Å². The minimum atomic E-state index is -3.17. The molecule has 0 saturated carbocycles. The summed E-state index contributed by atoms with van der Waals surface area (Å²) in [5.74, 6) is -0.479. The number of alkyl halides is 4. The lowest BCUT2D eigenvalue weighted by Crippen LogP contribution is -2.07. The van der Waals surface area contributed by atoms with Crippen LogP contribution in [0.2, 0.25) is 0 Å². The molecule has 0 aliphatic heterocycles. The Morgan fingerprint density at radius 1 is 0.962 bits per heavy atom. The maximum Gasteiger partial charge on any atom is 0.387 e. The standard InChI is InChI=1S/C17H13F4N3O2/c18-16(19)25-12-6-4-9(8-13(12)26-17(20)21)5-7-14-23-11-3-1-2-10(22)15(11)24-14/h1-8,16-17H,22H2,(H,23,24)/b7-5+. The Kier molecular flexibility index (Phi) is 4.97. The SMILES string of the molecule is Nc1cccc2[nH]c(/C=C/c3ccc(OC(F)F)c(OC(F)F)c3)nc12. The first-order chi connectivity index (χ1) is 12.4. The molecule has 0 radical (unpaired) electrons. The molecule has 0 bridgehead atoms. The summed E-state index contributed by atoms with van der Waals surface area (Å²) in [5.41, 5.74) is 8.12. The molecule has 9 heteroatoms. The number of rotatable bonds is 6. The summed E-state index contributed by atoms with van der Waals surface area (Å²) in [6.07, 6.45) is 3.15. The number of hydrogen-bond donors (Lipinski definition) is 2. The molecule has 1 aromatic heterocycles. The number of benzene rings is 2. The summed E-state index contributed by atoms with van der Waals surface area (Å²) in [6, 6.07) is 9.01. The van der Waals surface area contributed by atoms with E-state index in [-0.39, 0.29) is 0 Å². The van der Waals surface area contributed by atoms with Crippen molar-refractivity contribution in [3.05, 3.63) is 47.8 Å². The van der Waals surface area contributed by atoms with Crippen LogP contribution in [0.4, 0.5) is 23.2 Å². The average molecular weight is 367 g/mol. The largest absolute Gasteiger partial charge is 0.431 e. The molecular weight excluding hydrogens is 354 g/mol. The van der Waals surface area contributed by atoms with Gasteiger partial charge >= 0.3 is 13.2 Å². The zero-order valence-corrected chi connectivity index (χ0v) is 13.1. The number of nitrogen functional groups attached to an aromatic ring is 1. The van der Waals surface area contributed by atoms with Gasteiger partial charge in [0.2, 0.25) is 0 Å². The maximum atomic E-state index is 12.5. The number of nitrogens with zero attached hydrogens (tertiary/aromatic N) is 1. The van der Waals surface area contributed by atoms with Crippen LogP contribution in [0, 0.1) is 0 Å². The Morgan fingerprint density at radius 3 is 2.38 bits per heavy atom. The molecule has 0 aliphatic rings. The maximum absolute atomic E-state index is 12.5. The fourth-order valence-corrected chi connectivity index (χ4v) is 2.34. The number of aromatic amines is 1. The summed E-state index contributed by atoms with van der Waals surface area (Å²) in [6.45, 7) is -6.33. The molecule has 0 fully saturated rings. The lowest BCUT2D eigenvalue weighted by Gasteiger charge is -2.12. The van der Waals surface area contributed by atoms with E-state index in [4.69, 9.17) is 5.73 Å². The molecule has 0 aliphatic carbocycles. The molecule has 1 heterocycles. The van der Waals surface area contributed by atoms with Crippen molar-refractivity contribution in [2.45, 2.75) is 13.2 Å². The first-order valence-electron chi connectivity index (χ1n) is 7.38. The van der Waals surface area contributed by atoms with Gasteiger partial charge in [-0.05, 0) is 35.9 Å². The average Bonchev–Trinajstić information content (AvgIpc) is 2.99. The predicted octanol–water partition coefficient (Wildman–Crippen LogP) is 4.52. The zero-order chi connectivity index (χ0) is 18.7. The van der Waals surface area contributed by atoms with Crippen LogP contribution in [-0.4, -0.2) is 23.2 Å². The second-order valence-electron chi connectivity index (χ2n) is 5.16. The van der Waals surface area contributed by atoms with Crippen LogP contribution in [0.1, 0.15) is 11.4 Å². The van der Waals surface area contributed by atoms with E-state index < -0.39 is 24.7 Å². The molecule has 3 N–H and O–H groups in total. The summed E-state index contributed by atoms with van der Waals surface area (Å²) in [7, 11) is 0. The van der Waals surface area contributed by atoms with E-state index in [1.54, 1.807) is 30.4 Å². The number of nitrogens with two attached hydrogens (primary N) is 1. The van der Waals surface area contributed by atoms with Crippen molar-refractivity contribution in [3.8, 4) is 11.5 Å². The number of para-hydroxylation sites is 1. The number of anilines is 1. The lowest BCUT2D eigenvalue weighted by molar-refractivity contribution is -0.0692. The number of ether oxygens (including phenoxy) is 2. The fraction of sp³-hybridized carbons (Fsp3) is 0.118. The third-order valence-electron chi connectivity index (χ3n) is 3.40. The third kappa shape index (κ3) is 4.05. The van der Waals surface area contributed by atoms with E-state index in [0.717, 1.165) is 17.6 Å². The van der Waals surface area contributed by atoms with E-state index >= 15 is 0 Å². The molecule has 0 spiro atoms. The molecule has 0 amide bonds.